The van der Waals surface area contributed by atoms with Crippen molar-refractivity contribution < 1.29 is 4.79 Å². The predicted octanol–water partition coefficient (Wildman–Crippen LogP) is 1.88. The lowest BCUT2D eigenvalue weighted by Crippen LogP contribution is -2.24. The van der Waals surface area contributed by atoms with E-state index in [0.717, 1.165) is 16.4 Å². The number of aromatic nitrogens is 2. The fourth-order valence-electron chi connectivity index (χ4n) is 1.42. The topological polar surface area (TPSA) is 54.9 Å². The van der Waals surface area contributed by atoms with Gasteiger partial charge in [0.1, 0.15) is 5.01 Å². The normalized spacial score (nSPS) is 10.2. The highest BCUT2D eigenvalue weighted by atomic mass is 32.1. The van der Waals surface area contributed by atoms with Crippen molar-refractivity contribution in [2.45, 2.75) is 13.3 Å². The number of nitrogens with one attached hydrogen (secondary N) is 1. The number of pyridine rings is 1. The maximum Gasteiger partial charge on any atom is 0.226 e. The van der Waals surface area contributed by atoms with E-state index in [1.807, 2.05) is 30.5 Å². The van der Waals surface area contributed by atoms with E-state index in [2.05, 4.69) is 15.3 Å². The van der Waals surface area contributed by atoms with Crippen LogP contribution in [0, 0.1) is 0 Å². The van der Waals surface area contributed by atoms with Gasteiger partial charge < -0.3 is 5.32 Å². The standard InChI is InChI=1S/C12H13N3OS/c1-2-13-11(16)7-9-8-17-12(15-9)10-5-3-4-6-14-10/h3-6,8H,2,7H2,1H3,(H,13,16). The van der Waals surface area contributed by atoms with Crippen LogP contribution in [-0.4, -0.2) is 22.4 Å². The van der Waals surface area contributed by atoms with Gasteiger partial charge in [0.2, 0.25) is 5.91 Å². The number of carbonyl (C=O) groups excluding carboxylic acids is 1. The number of likely N-dealkylation sites (N-methyl/N-ethyl adjacent to an activating group) is 1. The van der Waals surface area contributed by atoms with Gasteiger partial charge in [0, 0.05) is 18.1 Å². The first-order valence-electron chi connectivity index (χ1n) is 5.42. The van der Waals surface area contributed by atoms with Crippen molar-refractivity contribution >= 4 is 17.2 Å². The summed E-state index contributed by atoms with van der Waals surface area (Å²) in [6, 6.07) is 5.70. The Morgan fingerprint density at radius 1 is 1.47 bits per heavy atom. The molecular weight excluding hydrogens is 234 g/mol. The quantitative estimate of drug-likeness (QED) is 0.897. The highest BCUT2D eigenvalue weighted by Crippen LogP contribution is 2.21. The summed E-state index contributed by atoms with van der Waals surface area (Å²) in [5, 5.41) is 5.51. The van der Waals surface area contributed by atoms with Crippen molar-refractivity contribution in [3.63, 3.8) is 0 Å². The van der Waals surface area contributed by atoms with Crippen molar-refractivity contribution in [1.29, 1.82) is 0 Å². The monoisotopic (exact) mass is 247 g/mol. The number of amides is 1. The third kappa shape index (κ3) is 3.10. The second-order valence-electron chi connectivity index (χ2n) is 3.49. The highest BCUT2D eigenvalue weighted by Gasteiger charge is 2.08. The van der Waals surface area contributed by atoms with Crippen LogP contribution in [0.4, 0.5) is 0 Å². The lowest BCUT2D eigenvalue weighted by molar-refractivity contribution is -0.120. The van der Waals surface area contributed by atoms with Gasteiger partial charge in [-0.05, 0) is 19.1 Å². The second-order valence-corrected chi connectivity index (χ2v) is 4.35. The Morgan fingerprint density at radius 2 is 2.35 bits per heavy atom. The molecule has 1 N–H and O–H groups in total. The Kier molecular flexibility index (Phi) is 3.82. The van der Waals surface area contributed by atoms with E-state index >= 15 is 0 Å². The summed E-state index contributed by atoms with van der Waals surface area (Å²) in [5.74, 6) is 0.00497. The zero-order chi connectivity index (χ0) is 12.1. The molecule has 0 spiro atoms. The summed E-state index contributed by atoms with van der Waals surface area (Å²) in [7, 11) is 0. The molecule has 88 valence electrons. The Morgan fingerprint density at radius 3 is 3.06 bits per heavy atom. The minimum Gasteiger partial charge on any atom is -0.356 e. The minimum absolute atomic E-state index is 0.00497. The molecule has 0 fully saturated rings. The summed E-state index contributed by atoms with van der Waals surface area (Å²) in [6.07, 6.45) is 2.07. The Hall–Kier alpha value is -1.75. The Labute approximate surface area is 104 Å². The maximum absolute atomic E-state index is 11.4. The van der Waals surface area contributed by atoms with Crippen molar-refractivity contribution in [2.75, 3.05) is 6.54 Å². The zero-order valence-electron chi connectivity index (χ0n) is 9.51. The molecule has 0 radical (unpaired) electrons. The smallest absolute Gasteiger partial charge is 0.226 e. The summed E-state index contributed by atoms with van der Waals surface area (Å²) in [5.41, 5.74) is 1.64. The Balaban J connectivity index is 2.09. The van der Waals surface area contributed by atoms with Crippen LogP contribution in [0.2, 0.25) is 0 Å². The Bertz CT molecular complexity index is 495. The zero-order valence-corrected chi connectivity index (χ0v) is 10.3. The van der Waals surface area contributed by atoms with Crippen LogP contribution in [0.3, 0.4) is 0 Å². The molecule has 0 aromatic carbocycles. The fourth-order valence-corrected chi connectivity index (χ4v) is 2.21. The van der Waals surface area contributed by atoms with Crippen LogP contribution in [0.25, 0.3) is 10.7 Å². The van der Waals surface area contributed by atoms with Crippen molar-refractivity contribution in [1.82, 2.24) is 15.3 Å². The number of hydrogen-bond acceptors (Lipinski definition) is 4. The number of hydrogen-bond donors (Lipinski definition) is 1. The van der Waals surface area contributed by atoms with Crippen molar-refractivity contribution in [3.05, 3.63) is 35.5 Å². The van der Waals surface area contributed by atoms with Crippen LogP contribution in [-0.2, 0) is 11.2 Å². The molecular formula is C12H13N3OS. The van der Waals surface area contributed by atoms with Crippen LogP contribution in [0.15, 0.2) is 29.8 Å². The molecule has 5 heteroatoms. The number of carbonyl (C=O) groups is 1. The highest BCUT2D eigenvalue weighted by molar-refractivity contribution is 7.13. The van der Waals surface area contributed by atoms with Crippen LogP contribution in [0.5, 0.6) is 0 Å². The molecule has 0 unspecified atom stereocenters. The molecule has 0 saturated carbocycles. The number of thiazole rings is 1. The predicted molar refractivity (Wildman–Crippen MR) is 67.7 cm³/mol. The minimum atomic E-state index is 0.00497. The molecule has 0 aliphatic rings. The average molecular weight is 247 g/mol. The van der Waals surface area contributed by atoms with Crippen LogP contribution < -0.4 is 5.32 Å². The average Bonchev–Trinajstić information content (AvgIpc) is 2.79. The van der Waals surface area contributed by atoms with Crippen molar-refractivity contribution in [2.24, 2.45) is 0 Å². The molecule has 0 atom stereocenters. The van der Waals surface area contributed by atoms with E-state index in [-0.39, 0.29) is 5.91 Å². The van der Waals surface area contributed by atoms with Gasteiger partial charge in [-0.2, -0.15) is 0 Å². The summed E-state index contributed by atoms with van der Waals surface area (Å²) in [6.45, 7) is 2.55. The summed E-state index contributed by atoms with van der Waals surface area (Å²) >= 11 is 1.51. The third-order valence-corrected chi connectivity index (χ3v) is 3.06. The molecule has 17 heavy (non-hydrogen) atoms. The molecule has 0 bridgehead atoms. The van der Waals surface area contributed by atoms with Crippen molar-refractivity contribution in [3.8, 4) is 10.7 Å². The number of rotatable bonds is 4. The van der Waals surface area contributed by atoms with Crippen LogP contribution in [0.1, 0.15) is 12.6 Å². The second kappa shape index (κ2) is 5.54. The van der Waals surface area contributed by atoms with Gasteiger partial charge in [0.15, 0.2) is 0 Å². The van der Waals surface area contributed by atoms with Gasteiger partial charge in [-0.15, -0.1) is 11.3 Å². The van der Waals surface area contributed by atoms with E-state index < -0.39 is 0 Å². The molecule has 2 rings (SSSR count). The van der Waals surface area contributed by atoms with Crippen LogP contribution >= 0.6 is 11.3 Å². The van der Waals surface area contributed by atoms with E-state index in [0.29, 0.717) is 13.0 Å². The van der Waals surface area contributed by atoms with Gasteiger partial charge in [0.25, 0.3) is 0 Å². The third-order valence-electron chi connectivity index (χ3n) is 2.15. The fraction of sp³-hybridized carbons (Fsp3) is 0.250. The van der Waals surface area contributed by atoms with E-state index in [1.165, 1.54) is 11.3 Å². The lowest BCUT2D eigenvalue weighted by Gasteiger charge is -1.98. The molecule has 2 aromatic rings. The van der Waals surface area contributed by atoms with E-state index in [4.69, 9.17) is 0 Å². The van der Waals surface area contributed by atoms with E-state index in [9.17, 15) is 4.79 Å². The first-order chi connectivity index (χ1) is 8.29. The molecule has 2 aromatic heterocycles. The van der Waals surface area contributed by atoms with Gasteiger partial charge in [-0.3, -0.25) is 9.78 Å². The molecule has 4 nitrogen and oxygen atoms in total. The SMILES string of the molecule is CCNC(=O)Cc1csc(-c2ccccn2)n1. The molecule has 0 saturated heterocycles. The van der Waals surface area contributed by atoms with Gasteiger partial charge in [-0.1, -0.05) is 6.07 Å². The molecule has 0 aliphatic carbocycles. The summed E-state index contributed by atoms with van der Waals surface area (Å²) < 4.78 is 0. The summed E-state index contributed by atoms with van der Waals surface area (Å²) in [4.78, 5) is 20.0. The van der Waals surface area contributed by atoms with E-state index in [1.54, 1.807) is 6.20 Å². The van der Waals surface area contributed by atoms with Gasteiger partial charge >= 0.3 is 0 Å². The molecule has 0 aliphatic heterocycles. The lowest BCUT2D eigenvalue weighted by atomic mass is 10.3. The molecule has 2 heterocycles. The first kappa shape index (κ1) is 11.7. The largest absolute Gasteiger partial charge is 0.356 e. The number of nitrogens with zero attached hydrogens (tertiary/aromatic N) is 2. The first-order valence-corrected chi connectivity index (χ1v) is 6.30. The van der Waals surface area contributed by atoms with Gasteiger partial charge in [0.05, 0.1) is 17.8 Å². The van der Waals surface area contributed by atoms with Gasteiger partial charge in [-0.25, -0.2) is 4.98 Å². The molecule has 1 amide bonds. The maximum atomic E-state index is 11.4.